The second kappa shape index (κ2) is 5.36. The largest absolute Gasteiger partial charge is 0.497 e. The Balaban J connectivity index is 1.64. The number of ether oxygens (including phenoxy) is 1. The van der Waals surface area contributed by atoms with Crippen LogP contribution in [0.3, 0.4) is 0 Å². The Morgan fingerprint density at radius 2 is 1.96 bits per heavy atom. The van der Waals surface area contributed by atoms with Gasteiger partial charge in [-0.3, -0.25) is 0 Å². The zero-order valence-electron chi connectivity index (χ0n) is 13.0. The van der Waals surface area contributed by atoms with Crippen molar-refractivity contribution in [1.82, 2.24) is 4.98 Å². The summed E-state index contributed by atoms with van der Waals surface area (Å²) >= 11 is 9.33. The summed E-state index contributed by atoms with van der Waals surface area (Å²) in [5.41, 5.74) is 1.43. The van der Waals surface area contributed by atoms with Crippen molar-refractivity contribution in [2.45, 2.75) is 35.5 Å². The zero-order chi connectivity index (χ0) is 15.6. The SMILES string of the molecule is COc1ccc([C@@H]2c3sc(=S)[nH]c3S[C@@H]3[C@H]4CC[C@@H](C4)[C@@H]23)cc1. The van der Waals surface area contributed by atoms with E-state index in [-0.39, 0.29) is 0 Å². The van der Waals surface area contributed by atoms with Gasteiger partial charge in [-0.25, -0.2) is 0 Å². The van der Waals surface area contributed by atoms with Crippen LogP contribution in [0.5, 0.6) is 5.75 Å². The van der Waals surface area contributed by atoms with Crippen molar-refractivity contribution in [3.8, 4) is 5.75 Å². The molecule has 2 heterocycles. The maximum absolute atomic E-state index is 5.46. The zero-order valence-corrected chi connectivity index (χ0v) is 15.4. The predicted molar refractivity (Wildman–Crippen MR) is 98.3 cm³/mol. The number of thioether (sulfide) groups is 1. The first-order valence-corrected chi connectivity index (χ1v) is 10.4. The molecule has 23 heavy (non-hydrogen) atoms. The quantitative estimate of drug-likeness (QED) is 0.718. The molecule has 2 saturated carbocycles. The maximum Gasteiger partial charge on any atom is 0.159 e. The minimum absolute atomic E-state index is 0.510. The number of fused-ring (bicyclic) bond motifs is 6. The number of thiazole rings is 1. The van der Waals surface area contributed by atoms with Crippen LogP contribution in [0.25, 0.3) is 0 Å². The number of H-pyrrole nitrogens is 1. The van der Waals surface area contributed by atoms with Crippen LogP contribution < -0.4 is 4.74 Å². The average Bonchev–Trinajstić information content (AvgIpc) is 3.26. The molecular formula is C18H19NOS3. The van der Waals surface area contributed by atoms with E-state index in [1.165, 1.54) is 34.7 Å². The van der Waals surface area contributed by atoms with Gasteiger partial charge in [0.25, 0.3) is 0 Å². The van der Waals surface area contributed by atoms with Gasteiger partial charge < -0.3 is 9.72 Å². The first kappa shape index (κ1) is 14.6. The molecule has 2 bridgehead atoms. The van der Waals surface area contributed by atoms with Gasteiger partial charge in [-0.1, -0.05) is 12.1 Å². The van der Waals surface area contributed by atoms with Gasteiger partial charge in [0.15, 0.2) is 3.95 Å². The molecule has 5 atom stereocenters. The van der Waals surface area contributed by atoms with E-state index in [1.807, 2.05) is 0 Å². The summed E-state index contributed by atoms with van der Waals surface area (Å²) in [7, 11) is 1.73. The normalized spacial score (nSPS) is 34.2. The molecular weight excluding hydrogens is 342 g/mol. The van der Waals surface area contributed by atoms with Gasteiger partial charge >= 0.3 is 0 Å². The number of aromatic nitrogens is 1. The fraction of sp³-hybridized carbons (Fsp3) is 0.500. The van der Waals surface area contributed by atoms with Gasteiger partial charge in [-0.2, -0.15) is 0 Å². The number of aromatic amines is 1. The molecule has 2 aliphatic carbocycles. The Morgan fingerprint density at radius 1 is 1.17 bits per heavy atom. The first-order chi connectivity index (χ1) is 11.2. The lowest BCUT2D eigenvalue weighted by Crippen LogP contribution is -2.33. The highest BCUT2D eigenvalue weighted by Crippen LogP contribution is 2.64. The van der Waals surface area contributed by atoms with E-state index in [0.717, 1.165) is 32.7 Å². The lowest BCUT2D eigenvalue weighted by molar-refractivity contribution is 0.307. The molecule has 1 aliphatic heterocycles. The molecule has 3 aliphatic rings. The lowest BCUT2D eigenvalue weighted by atomic mass is 9.75. The summed E-state index contributed by atoms with van der Waals surface area (Å²) in [5, 5.41) is 2.11. The summed E-state index contributed by atoms with van der Waals surface area (Å²) in [6.07, 6.45) is 4.28. The van der Waals surface area contributed by atoms with Crippen molar-refractivity contribution in [2.75, 3.05) is 7.11 Å². The Bertz CT molecular complexity index is 793. The minimum Gasteiger partial charge on any atom is -0.497 e. The second-order valence-corrected chi connectivity index (χ2v) is 9.86. The number of nitrogens with one attached hydrogen (secondary N) is 1. The van der Waals surface area contributed by atoms with Gasteiger partial charge in [-0.15, -0.1) is 23.1 Å². The Morgan fingerprint density at radius 3 is 2.74 bits per heavy atom. The highest BCUT2D eigenvalue weighted by Gasteiger charge is 2.54. The standard InChI is InChI=1S/C18H19NOS3/c1-20-12-6-4-9(5-7-12)13-14-10-2-3-11(8-10)15(14)22-17-16(13)23-18(21)19-17/h4-7,10-11,13-15H,2-3,8H2,1H3,(H,19,21)/t10-,11-,13-,14-,15+/m0/s1. The van der Waals surface area contributed by atoms with Gasteiger partial charge in [0, 0.05) is 16.0 Å². The van der Waals surface area contributed by atoms with E-state index in [0.29, 0.717) is 5.92 Å². The van der Waals surface area contributed by atoms with Crippen LogP contribution in [0, 0.1) is 21.7 Å². The third kappa shape index (κ3) is 2.16. The fourth-order valence-electron chi connectivity index (χ4n) is 5.03. The number of hydrogen-bond acceptors (Lipinski definition) is 4. The van der Waals surface area contributed by atoms with E-state index >= 15 is 0 Å². The van der Waals surface area contributed by atoms with Crippen LogP contribution in [0.2, 0.25) is 0 Å². The van der Waals surface area contributed by atoms with Crippen molar-refractivity contribution in [1.29, 1.82) is 0 Å². The molecule has 2 fully saturated rings. The van der Waals surface area contributed by atoms with Crippen LogP contribution in [-0.2, 0) is 0 Å². The van der Waals surface area contributed by atoms with Crippen molar-refractivity contribution >= 4 is 35.3 Å². The molecule has 2 aromatic rings. The van der Waals surface area contributed by atoms with Crippen molar-refractivity contribution in [3.05, 3.63) is 38.7 Å². The third-order valence-electron chi connectivity index (χ3n) is 5.94. The maximum atomic E-state index is 5.46. The monoisotopic (exact) mass is 361 g/mol. The average molecular weight is 362 g/mol. The van der Waals surface area contributed by atoms with E-state index in [4.69, 9.17) is 17.0 Å². The molecule has 0 unspecified atom stereocenters. The highest BCUT2D eigenvalue weighted by molar-refractivity contribution is 8.00. The van der Waals surface area contributed by atoms with E-state index in [1.54, 1.807) is 18.4 Å². The van der Waals surface area contributed by atoms with Crippen molar-refractivity contribution in [2.24, 2.45) is 17.8 Å². The summed E-state index contributed by atoms with van der Waals surface area (Å²) < 4.78 is 6.27. The van der Waals surface area contributed by atoms with E-state index in [9.17, 15) is 0 Å². The molecule has 120 valence electrons. The van der Waals surface area contributed by atoms with Crippen LogP contribution in [0.15, 0.2) is 29.3 Å². The van der Waals surface area contributed by atoms with Crippen LogP contribution in [0.1, 0.15) is 35.6 Å². The smallest absolute Gasteiger partial charge is 0.159 e. The molecule has 2 nitrogen and oxygen atoms in total. The number of benzene rings is 1. The molecule has 0 spiro atoms. The van der Waals surface area contributed by atoms with E-state index < -0.39 is 0 Å². The second-order valence-electron chi connectivity index (χ2n) is 6.95. The molecule has 0 saturated heterocycles. The molecule has 0 amide bonds. The first-order valence-electron chi connectivity index (χ1n) is 8.28. The van der Waals surface area contributed by atoms with Crippen LogP contribution in [0.4, 0.5) is 0 Å². The van der Waals surface area contributed by atoms with Crippen LogP contribution in [-0.4, -0.2) is 17.3 Å². The number of rotatable bonds is 2. The van der Waals surface area contributed by atoms with Crippen LogP contribution >= 0.6 is 35.3 Å². The Hall–Kier alpha value is -0.780. The molecule has 1 aromatic heterocycles. The lowest BCUT2D eigenvalue weighted by Gasteiger charge is -2.40. The van der Waals surface area contributed by atoms with Gasteiger partial charge in [-0.05, 0) is 66.9 Å². The molecule has 0 radical (unpaired) electrons. The van der Waals surface area contributed by atoms with Gasteiger partial charge in [0.05, 0.1) is 12.1 Å². The summed E-state index contributed by atoms with van der Waals surface area (Å²) in [5.74, 6) is 4.03. The fourth-order valence-corrected chi connectivity index (χ4v) is 8.37. The molecule has 5 heteroatoms. The Labute approximate surface area is 149 Å². The Kier molecular flexibility index (Phi) is 3.39. The molecule has 1 aromatic carbocycles. The summed E-state index contributed by atoms with van der Waals surface area (Å²) in [4.78, 5) is 4.93. The minimum atomic E-state index is 0.510. The summed E-state index contributed by atoms with van der Waals surface area (Å²) in [6, 6.07) is 8.72. The topological polar surface area (TPSA) is 25.0 Å². The predicted octanol–water partition coefficient (Wildman–Crippen LogP) is 5.47. The highest BCUT2D eigenvalue weighted by atomic mass is 32.2. The number of hydrogen-bond donors (Lipinski definition) is 1. The summed E-state index contributed by atoms with van der Waals surface area (Å²) in [6.45, 7) is 0. The van der Waals surface area contributed by atoms with Crippen molar-refractivity contribution in [3.63, 3.8) is 0 Å². The third-order valence-corrected chi connectivity index (χ3v) is 8.92. The molecule has 1 N–H and O–H groups in total. The van der Waals surface area contributed by atoms with Gasteiger partial charge in [0.1, 0.15) is 5.75 Å². The van der Waals surface area contributed by atoms with Crippen molar-refractivity contribution < 1.29 is 4.74 Å². The number of methoxy groups -OCH3 is 1. The van der Waals surface area contributed by atoms with E-state index in [2.05, 4.69) is 41.0 Å². The molecule has 5 rings (SSSR count). The van der Waals surface area contributed by atoms with Gasteiger partial charge in [0.2, 0.25) is 0 Å².